The molecule has 0 heterocycles. The van der Waals surface area contributed by atoms with E-state index in [9.17, 15) is 9.59 Å². The Morgan fingerprint density at radius 2 is 0.422 bits per heavy atom. The summed E-state index contributed by atoms with van der Waals surface area (Å²) >= 11 is 0. The number of unbranched alkanes of at least 4 members (excludes halogenated alkanes) is 49. The third-order valence-corrected chi connectivity index (χ3v) is 13.7. The van der Waals surface area contributed by atoms with Crippen molar-refractivity contribution in [2.75, 3.05) is 6.61 Å². The van der Waals surface area contributed by atoms with Crippen LogP contribution >= 0.6 is 0 Å². The maximum absolute atomic E-state index is 12.0. The van der Waals surface area contributed by atoms with E-state index in [0.29, 0.717) is 19.4 Å². The van der Waals surface area contributed by atoms with Gasteiger partial charge in [-0.05, 0) is 19.3 Å². The van der Waals surface area contributed by atoms with E-state index in [1.54, 1.807) is 0 Å². The van der Waals surface area contributed by atoms with Crippen molar-refractivity contribution in [3.63, 3.8) is 0 Å². The highest BCUT2D eigenvalue weighted by atomic mass is 16.5. The highest BCUT2D eigenvalue weighted by Gasteiger charge is 2.03. The molecule has 4 nitrogen and oxygen atoms in total. The Kier molecular flexibility index (Phi) is 62.9. The number of carbonyl (C=O) groups is 2. The molecule has 64 heavy (non-hydrogen) atoms. The van der Waals surface area contributed by atoms with E-state index < -0.39 is 5.97 Å². The molecule has 0 aromatic heterocycles. The quantitative estimate of drug-likeness (QED) is 0.0488. The summed E-state index contributed by atoms with van der Waals surface area (Å²) in [4.78, 5) is 22.3. The molecule has 0 aliphatic rings. The number of hydrogen-bond acceptors (Lipinski definition) is 3. The Morgan fingerprint density at radius 1 is 0.250 bits per heavy atom. The Balaban J connectivity index is 0. The molecule has 0 unspecified atom stereocenters. The molecule has 0 aromatic carbocycles. The van der Waals surface area contributed by atoms with Crippen molar-refractivity contribution < 1.29 is 19.4 Å². The van der Waals surface area contributed by atoms with Crippen LogP contribution in [0, 0.1) is 0 Å². The van der Waals surface area contributed by atoms with Gasteiger partial charge in [0.2, 0.25) is 0 Å². The summed E-state index contributed by atoms with van der Waals surface area (Å²) in [5, 5.41) is 8.52. The highest BCUT2D eigenvalue weighted by Crippen LogP contribution is 2.18. The normalized spacial score (nSPS) is 11.2. The summed E-state index contributed by atoms with van der Waals surface area (Å²) < 4.78 is 5.47. The monoisotopic (exact) mass is 905 g/mol. The van der Waals surface area contributed by atoms with Crippen LogP contribution in [-0.2, 0) is 14.3 Å². The molecular weight excluding hydrogens is 785 g/mol. The van der Waals surface area contributed by atoms with Crippen molar-refractivity contribution in [3.05, 3.63) is 0 Å². The number of hydrogen-bond donors (Lipinski definition) is 1. The third-order valence-electron chi connectivity index (χ3n) is 13.7. The lowest BCUT2D eigenvalue weighted by Gasteiger charge is -2.06. The number of rotatable bonds is 55. The van der Waals surface area contributed by atoms with Crippen LogP contribution in [0.1, 0.15) is 367 Å². The van der Waals surface area contributed by atoms with Crippen LogP contribution in [-0.4, -0.2) is 23.7 Å². The van der Waals surface area contributed by atoms with Crippen molar-refractivity contribution in [2.24, 2.45) is 0 Å². The van der Waals surface area contributed by atoms with Crippen molar-refractivity contribution in [1.29, 1.82) is 0 Å². The average Bonchev–Trinajstić information content (AvgIpc) is 3.29. The van der Waals surface area contributed by atoms with Gasteiger partial charge in [-0.15, -0.1) is 0 Å². The van der Waals surface area contributed by atoms with Crippen LogP contribution in [0.5, 0.6) is 0 Å². The van der Waals surface area contributed by atoms with Gasteiger partial charge in [-0.3, -0.25) is 9.59 Å². The van der Waals surface area contributed by atoms with Crippen molar-refractivity contribution in [3.8, 4) is 0 Å². The van der Waals surface area contributed by atoms with Gasteiger partial charge in [-0.2, -0.15) is 0 Å². The molecule has 0 atom stereocenters. The molecular formula is C60H120O4. The minimum atomic E-state index is -0.653. The minimum Gasteiger partial charge on any atom is -0.481 e. The van der Waals surface area contributed by atoms with Gasteiger partial charge in [0.15, 0.2) is 0 Å². The van der Waals surface area contributed by atoms with E-state index >= 15 is 0 Å². The van der Waals surface area contributed by atoms with E-state index in [2.05, 4.69) is 20.8 Å². The average molecular weight is 906 g/mol. The lowest BCUT2D eigenvalue weighted by Crippen LogP contribution is -2.05. The summed E-state index contributed by atoms with van der Waals surface area (Å²) in [6.45, 7) is 7.50. The molecule has 0 aliphatic carbocycles. The number of esters is 1. The molecule has 0 aliphatic heterocycles. The first kappa shape index (κ1) is 65.0. The van der Waals surface area contributed by atoms with Crippen LogP contribution in [0.4, 0.5) is 0 Å². The van der Waals surface area contributed by atoms with E-state index in [0.717, 1.165) is 25.7 Å². The van der Waals surface area contributed by atoms with Gasteiger partial charge < -0.3 is 9.84 Å². The standard InChI is InChI=1S/C42H84O2.C18H36O2/c1-3-5-7-9-11-13-15-17-19-21-23-24-26-28-30-32-34-36-38-40-42(43)44-41-39-37-35-33-31-29-27-25-22-20-18-16-14-12-10-8-6-4-2;1-2-3-4-5-6-7-8-9-10-11-12-13-14-15-16-17-18(19)20/h3-41H2,1-2H3;2-17H2,1H3,(H,19,20). The maximum Gasteiger partial charge on any atom is 0.305 e. The molecule has 0 saturated heterocycles. The Morgan fingerprint density at radius 3 is 0.625 bits per heavy atom. The third kappa shape index (κ3) is 65.2. The van der Waals surface area contributed by atoms with Crippen LogP contribution in [0.2, 0.25) is 0 Å². The molecule has 0 fully saturated rings. The Hall–Kier alpha value is -1.06. The molecule has 0 spiro atoms. The predicted octanol–water partition coefficient (Wildman–Crippen LogP) is 21.7. The largest absolute Gasteiger partial charge is 0.481 e. The molecule has 0 saturated carbocycles. The van der Waals surface area contributed by atoms with Gasteiger partial charge in [0.25, 0.3) is 0 Å². The zero-order valence-electron chi connectivity index (χ0n) is 44.6. The molecule has 0 rings (SSSR count). The molecule has 0 radical (unpaired) electrons. The molecule has 1 N–H and O–H groups in total. The van der Waals surface area contributed by atoms with E-state index in [4.69, 9.17) is 9.84 Å². The lowest BCUT2D eigenvalue weighted by atomic mass is 10.0. The zero-order chi connectivity index (χ0) is 46.8. The van der Waals surface area contributed by atoms with Crippen LogP contribution in [0.3, 0.4) is 0 Å². The van der Waals surface area contributed by atoms with Gasteiger partial charge in [0.05, 0.1) is 6.61 Å². The molecule has 0 bridgehead atoms. The first-order chi connectivity index (χ1) is 31.6. The second kappa shape index (κ2) is 61.9. The predicted molar refractivity (Wildman–Crippen MR) is 285 cm³/mol. The van der Waals surface area contributed by atoms with Gasteiger partial charge in [-0.1, -0.05) is 335 Å². The van der Waals surface area contributed by atoms with Crippen LogP contribution < -0.4 is 0 Å². The fourth-order valence-electron chi connectivity index (χ4n) is 9.26. The fourth-order valence-corrected chi connectivity index (χ4v) is 9.26. The van der Waals surface area contributed by atoms with Crippen LogP contribution in [0.15, 0.2) is 0 Å². The first-order valence-electron chi connectivity index (χ1n) is 30.0. The van der Waals surface area contributed by atoms with Gasteiger partial charge in [0.1, 0.15) is 0 Å². The number of carboxylic acid groups (broad SMARTS) is 1. The van der Waals surface area contributed by atoms with E-state index in [1.807, 2.05) is 0 Å². The summed E-state index contributed by atoms with van der Waals surface area (Å²) in [5.41, 5.74) is 0. The molecule has 4 heteroatoms. The van der Waals surface area contributed by atoms with Crippen LogP contribution in [0.25, 0.3) is 0 Å². The second-order valence-electron chi connectivity index (χ2n) is 20.4. The summed E-state index contributed by atoms with van der Waals surface area (Å²) in [6, 6.07) is 0. The molecule has 0 amide bonds. The zero-order valence-corrected chi connectivity index (χ0v) is 44.6. The van der Waals surface area contributed by atoms with Gasteiger partial charge in [-0.25, -0.2) is 0 Å². The number of ether oxygens (including phenoxy) is 1. The second-order valence-corrected chi connectivity index (χ2v) is 20.4. The highest BCUT2D eigenvalue weighted by molar-refractivity contribution is 5.69. The SMILES string of the molecule is CCCCCCCCCCCCCCCCCC(=O)O.CCCCCCCCCCCCCCCCCCCCCC(=O)OCCCCCCCCCCCCCCCCCCCC. The first-order valence-corrected chi connectivity index (χ1v) is 30.0. The smallest absolute Gasteiger partial charge is 0.305 e. The molecule has 384 valence electrons. The topological polar surface area (TPSA) is 63.6 Å². The fraction of sp³-hybridized carbons (Fsp3) is 0.967. The number of carboxylic acids is 1. The van der Waals surface area contributed by atoms with Gasteiger partial charge in [0, 0.05) is 12.8 Å². The minimum absolute atomic E-state index is 0.0314. The van der Waals surface area contributed by atoms with Crippen molar-refractivity contribution in [2.45, 2.75) is 367 Å². The molecule has 0 aromatic rings. The maximum atomic E-state index is 12.0. The Bertz CT molecular complexity index is 797. The Labute approximate surface area is 404 Å². The van der Waals surface area contributed by atoms with Gasteiger partial charge >= 0.3 is 11.9 Å². The number of aliphatic carboxylic acids is 1. The van der Waals surface area contributed by atoms with Crippen molar-refractivity contribution in [1.82, 2.24) is 0 Å². The summed E-state index contributed by atoms with van der Waals surface area (Å²) in [7, 11) is 0. The van der Waals surface area contributed by atoms with Crippen molar-refractivity contribution >= 4 is 11.9 Å². The summed E-state index contributed by atoms with van der Waals surface area (Å²) in [5.74, 6) is -0.622. The summed E-state index contributed by atoms with van der Waals surface area (Å²) in [6.07, 6.45) is 72.2. The van der Waals surface area contributed by atoms with E-state index in [1.165, 1.54) is 308 Å². The number of carbonyl (C=O) groups excluding carboxylic acids is 1. The van der Waals surface area contributed by atoms with E-state index in [-0.39, 0.29) is 5.97 Å². The lowest BCUT2D eigenvalue weighted by molar-refractivity contribution is -0.144.